The molecule has 1 unspecified atom stereocenters. The average molecular weight is 485 g/mol. The van der Waals surface area contributed by atoms with Gasteiger partial charge >= 0.3 is 0 Å². The number of Topliss-reactive ketones (excluding diaryl/α,β-unsaturated/α-hetero) is 1. The standard InChI is InChI=1S/C25H28N4O4.ClH/c1-25(2)22(30)20(24(32)28-25)11-15-3-4-21-18(10-15)19(23(31)27-21)12-17-9-16(13-26-17)14-29-5-7-33-8-6-29;/h3-4,9-10,12-13,20,26H,5-8,11,14H2,1-2H3,(H,27,31)(H,28,32);1H. The van der Waals surface area contributed by atoms with Gasteiger partial charge in [-0.25, -0.2) is 0 Å². The van der Waals surface area contributed by atoms with Crippen LogP contribution >= 0.6 is 12.4 Å². The highest BCUT2D eigenvalue weighted by Crippen LogP contribution is 2.35. The topological polar surface area (TPSA) is 104 Å². The highest BCUT2D eigenvalue weighted by Gasteiger charge is 2.46. The molecule has 8 nitrogen and oxygen atoms in total. The van der Waals surface area contributed by atoms with Crippen LogP contribution in [0.4, 0.5) is 5.69 Å². The van der Waals surface area contributed by atoms with E-state index in [2.05, 4.69) is 26.6 Å². The Balaban J connectivity index is 0.00000274. The molecular weight excluding hydrogens is 456 g/mol. The van der Waals surface area contributed by atoms with Gasteiger partial charge in [0.15, 0.2) is 5.78 Å². The molecule has 5 rings (SSSR count). The Hall–Kier alpha value is -2.94. The summed E-state index contributed by atoms with van der Waals surface area (Å²) in [6, 6.07) is 7.66. The summed E-state index contributed by atoms with van der Waals surface area (Å²) in [5, 5.41) is 5.67. The molecule has 0 spiro atoms. The predicted octanol–water partition coefficient (Wildman–Crippen LogP) is 2.40. The van der Waals surface area contributed by atoms with E-state index in [1.165, 1.54) is 0 Å². The van der Waals surface area contributed by atoms with Gasteiger partial charge in [0.25, 0.3) is 5.91 Å². The number of nitrogens with one attached hydrogen (secondary N) is 3. The highest BCUT2D eigenvalue weighted by atomic mass is 35.5. The first-order valence-electron chi connectivity index (χ1n) is 11.3. The summed E-state index contributed by atoms with van der Waals surface area (Å²) in [7, 11) is 0. The zero-order valence-corrected chi connectivity index (χ0v) is 20.1. The Morgan fingerprint density at radius 1 is 1.12 bits per heavy atom. The fraction of sp³-hybridized carbons (Fsp3) is 0.400. The highest BCUT2D eigenvalue weighted by molar-refractivity contribution is 6.34. The van der Waals surface area contributed by atoms with Crippen LogP contribution in [-0.2, 0) is 32.1 Å². The van der Waals surface area contributed by atoms with Crippen molar-refractivity contribution < 1.29 is 19.1 Å². The third-order valence-electron chi connectivity index (χ3n) is 6.57. The van der Waals surface area contributed by atoms with Crippen LogP contribution in [-0.4, -0.2) is 59.3 Å². The Morgan fingerprint density at radius 3 is 2.59 bits per heavy atom. The summed E-state index contributed by atoms with van der Waals surface area (Å²) in [4.78, 5) is 43.2. The van der Waals surface area contributed by atoms with Crippen LogP contribution in [0.25, 0.3) is 11.6 Å². The normalized spacial score (nSPS) is 22.9. The molecule has 9 heteroatoms. The maximum absolute atomic E-state index is 12.7. The molecule has 0 radical (unpaired) electrons. The van der Waals surface area contributed by atoms with E-state index in [0.29, 0.717) is 12.0 Å². The number of carbonyl (C=O) groups is 3. The van der Waals surface area contributed by atoms with Crippen LogP contribution in [0.3, 0.4) is 0 Å². The van der Waals surface area contributed by atoms with Crippen molar-refractivity contribution >= 4 is 47.3 Å². The molecular formula is C25H29ClN4O4. The molecule has 3 N–H and O–H groups in total. The number of benzene rings is 1. The Morgan fingerprint density at radius 2 is 1.88 bits per heavy atom. The quantitative estimate of drug-likeness (QED) is 0.446. The minimum atomic E-state index is -0.840. The average Bonchev–Trinajstić information content (AvgIpc) is 3.40. The van der Waals surface area contributed by atoms with Crippen molar-refractivity contribution in [3.8, 4) is 0 Å². The number of anilines is 1. The molecule has 0 bridgehead atoms. The minimum absolute atomic E-state index is 0. The van der Waals surface area contributed by atoms with E-state index in [9.17, 15) is 14.4 Å². The zero-order chi connectivity index (χ0) is 23.2. The van der Waals surface area contributed by atoms with E-state index >= 15 is 0 Å². The molecule has 3 aliphatic heterocycles. The smallest absolute Gasteiger partial charge is 0.256 e. The number of aromatic amines is 1. The predicted molar refractivity (Wildman–Crippen MR) is 132 cm³/mol. The van der Waals surface area contributed by atoms with E-state index in [-0.39, 0.29) is 30.0 Å². The van der Waals surface area contributed by atoms with Crippen molar-refractivity contribution in [1.29, 1.82) is 0 Å². The lowest BCUT2D eigenvalue weighted by Crippen LogP contribution is -2.39. The summed E-state index contributed by atoms with van der Waals surface area (Å²) in [6.45, 7) is 7.63. The van der Waals surface area contributed by atoms with Crippen LogP contribution in [0.15, 0.2) is 30.5 Å². The molecule has 1 aromatic carbocycles. The largest absolute Gasteiger partial charge is 0.379 e. The fourth-order valence-electron chi connectivity index (χ4n) is 4.74. The van der Waals surface area contributed by atoms with Gasteiger partial charge in [0, 0.05) is 42.8 Å². The number of H-pyrrole nitrogens is 1. The van der Waals surface area contributed by atoms with Gasteiger partial charge in [0.05, 0.1) is 24.3 Å². The summed E-state index contributed by atoms with van der Waals surface area (Å²) < 4.78 is 5.41. The van der Waals surface area contributed by atoms with Crippen molar-refractivity contribution in [2.24, 2.45) is 5.92 Å². The number of nitrogens with zero attached hydrogens (tertiary/aromatic N) is 1. The van der Waals surface area contributed by atoms with Gasteiger partial charge in [-0.1, -0.05) is 6.07 Å². The zero-order valence-electron chi connectivity index (χ0n) is 19.3. The van der Waals surface area contributed by atoms with Gasteiger partial charge in [-0.15, -0.1) is 12.4 Å². The summed E-state index contributed by atoms with van der Waals surface area (Å²) in [6.07, 6.45) is 4.14. The number of carbonyl (C=O) groups excluding carboxylic acids is 3. The second-order valence-corrected chi connectivity index (χ2v) is 9.48. The molecule has 4 heterocycles. The van der Waals surface area contributed by atoms with Crippen LogP contribution in [0, 0.1) is 5.92 Å². The Kier molecular flexibility index (Phi) is 6.66. The number of aromatic nitrogens is 1. The van der Waals surface area contributed by atoms with Gasteiger partial charge in [0.1, 0.15) is 5.92 Å². The van der Waals surface area contributed by atoms with Crippen molar-refractivity contribution in [3.05, 3.63) is 52.8 Å². The lowest BCUT2D eigenvalue weighted by molar-refractivity contribution is -0.128. The lowest BCUT2D eigenvalue weighted by atomic mass is 9.89. The number of fused-ring (bicyclic) bond motifs is 1. The monoisotopic (exact) mass is 484 g/mol. The molecule has 1 atom stereocenters. The van der Waals surface area contributed by atoms with Crippen molar-refractivity contribution in [2.45, 2.75) is 32.4 Å². The third kappa shape index (κ3) is 4.66. The van der Waals surface area contributed by atoms with Gasteiger partial charge in [-0.05, 0) is 55.7 Å². The van der Waals surface area contributed by atoms with Crippen molar-refractivity contribution in [3.63, 3.8) is 0 Å². The number of ether oxygens (including phenoxy) is 1. The summed E-state index contributed by atoms with van der Waals surface area (Å²) >= 11 is 0. The van der Waals surface area contributed by atoms with Crippen LogP contribution in [0.2, 0.25) is 0 Å². The van der Waals surface area contributed by atoms with E-state index in [1.807, 2.05) is 30.5 Å². The number of amides is 2. The van der Waals surface area contributed by atoms with Gasteiger partial charge < -0.3 is 20.4 Å². The molecule has 2 aromatic rings. The first-order chi connectivity index (χ1) is 15.8. The van der Waals surface area contributed by atoms with Gasteiger partial charge in [0.2, 0.25) is 5.91 Å². The molecule has 0 saturated carbocycles. The van der Waals surface area contributed by atoms with E-state index in [4.69, 9.17) is 4.74 Å². The minimum Gasteiger partial charge on any atom is -0.379 e. The van der Waals surface area contributed by atoms with Crippen molar-refractivity contribution in [2.75, 3.05) is 31.6 Å². The summed E-state index contributed by atoms with van der Waals surface area (Å²) in [5.41, 5.74) is 4.10. The van der Waals surface area contributed by atoms with E-state index in [0.717, 1.165) is 60.9 Å². The maximum Gasteiger partial charge on any atom is 0.256 e. The van der Waals surface area contributed by atoms with Gasteiger partial charge in [-0.2, -0.15) is 0 Å². The molecule has 2 saturated heterocycles. The number of hydrogen-bond donors (Lipinski definition) is 3. The third-order valence-corrected chi connectivity index (χ3v) is 6.57. The number of hydrogen-bond acceptors (Lipinski definition) is 5. The molecule has 180 valence electrons. The van der Waals surface area contributed by atoms with E-state index < -0.39 is 11.5 Å². The fourth-order valence-corrected chi connectivity index (χ4v) is 4.74. The second-order valence-electron chi connectivity index (χ2n) is 9.48. The van der Waals surface area contributed by atoms with Gasteiger partial charge in [-0.3, -0.25) is 19.3 Å². The number of morpholine rings is 1. The Labute approximate surface area is 204 Å². The van der Waals surface area contributed by atoms with Crippen molar-refractivity contribution in [1.82, 2.24) is 15.2 Å². The maximum atomic E-state index is 12.7. The summed E-state index contributed by atoms with van der Waals surface area (Å²) in [5.74, 6) is -1.21. The first kappa shape index (κ1) is 24.2. The van der Waals surface area contributed by atoms with Crippen LogP contribution in [0.1, 0.15) is 36.2 Å². The number of ketones is 1. The molecule has 34 heavy (non-hydrogen) atoms. The molecule has 3 aliphatic rings. The SMILES string of the molecule is CC1(C)NC(=O)C(Cc2ccc3c(c2)C(=Cc2cc(CN4CCOCC4)c[nH]2)C(=O)N3)C1=O.Cl. The van der Waals surface area contributed by atoms with Crippen LogP contribution < -0.4 is 10.6 Å². The Bertz CT molecular complexity index is 1160. The number of rotatable bonds is 5. The molecule has 0 aliphatic carbocycles. The van der Waals surface area contributed by atoms with Crippen LogP contribution in [0.5, 0.6) is 0 Å². The first-order valence-corrected chi connectivity index (χ1v) is 11.3. The lowest BCUT2D eigenvalue weighted by Gasteiger charge is -2.25. The number of halogens is 1. The second kappa shape index (κ2) is 9.37. The molecule has 2 fully saturated rings. The van der Waals surface area contributed by atoms with E-state index in [1.54, 1.807) is 13.8 Å². The molecule has 2 amide bonds. The molecule has 1 aromatic heterocycles.